The molecule has 1 amide bonds. The fourth-order valence-corrected chi connectivity index (χ4v) is 3.53. The number of hydrogen-bond acceptors (Lipinski definition) is 2. The van der Waals surface area contributed by atoms with E-state index in [0.717, 1.165) is 35.5 Å². The molecule has 3 aromatic carbocycles. The lowest BCUT2D eigenvalue weighted by Crippen LogP contribution is -2.30. The van der Waals surface area contributed by atoms with Crippen LogP contribution in [0.5, 0.6) is 5.75 Å². The Balaban J connectivity index is 1.54. The zero-order valence-electron chi connectivity index (χ0n) is 14.8. The summed E-state index contributed by atoms with van der Waals surface area (Å²) in [5, 5.41) is 3.85. The molecule has 4 rings (SSSR count). The fourth-order valence-electron chi connectivity index (χ4n) is 3.41. The molecule has 1 heterocycles. The van der Waals surface area contributed by atoms with Crippen molar-refractivity contribution < 1.29 is 9.53 Å². The third-order valence-electron chi connectivity index (χ3n) is 4.76. The van der Waals surface area contributed by atoms with Crippen molar-refractivity contribution in [3.63, 3.8) is 0 Å². The van der Waals surface area contributed by atoms with E-state index in [0.29, 0.717) is 11.4 Å². The van der Waals surface area contributed by atoms with E-state index in [-0.39, 0.29) is 11.9 Å². The molecular weight excluding hydrogens is 358 g/mol. The Hall–Kier alpha value is -2.78. The maximum Gasteiger partial charge on any atom is 0.225 e. The van der Waals surface area contributed by atoms with Crippen molar-refractivity contribution in [1.82, 2.24) is 5.32 Å². The van der Waals surface area contributed by atoms with E-state index in [9.17, 15) is 4.79 Å². The summed E-state index contributed by atoms with van der Waals surface area (Å²) >= 11 is 6.02. The fraction of sp³-hybridized carbons (Fsp3) is 0.174. The van der Waals surface area contributed by atoms with Gasteiger partial charge in [0.1, 0.15) is 5.75 Å². The summed E-state index contributed by atoms with van der Waals surface area (Å²) in [6.07, 6.45) is 1.24. The van der Waals surface area contributed by atoms with Crippen LogP contribution in [0, 0.1) is 0 Å². The Bertz CT molecular complexity index is 938. The quantitative estimate of drug-likeness (QED) is 0.698. The van der Waals surface area contributed by atoms with Crippen LogP contribution in [0.4, 0.5) is 0 Å². The number of nitrogens with one attached hydrogen (secondary N) is 1. The smallest absolute Gasteiger partial charge is 0.225 e. The van der Waals surface area contributed by atoms with Gasteiger partial charge in [0.15, 0.2) is 0 Å². The molecule has 0 spiro atoms. The van der Waals surface area contributed by atoms with Crippen LogP contribution < -0.4 is 10.1 Å². The molecule has 0 saturated heterocycles. The van der Waals surface area contributed by atoms with Gasteiger partial charge in [-0.05, 0) is 40.5 Å². The number of rotatable bonds is 5. The molecule has 4 heteroatoms. The first kappa shape index (κ1) is 17.6. The van der Waals surface area contributed by atoms with Crippen molar-refractivity contribution >= 4 is 17.5 Å². The van der Waals surface area contributed by atoms with Crippen molar-refractivity contribution in [3.05, 3.63) is 100 Å². The predicted octanol–water partition coefficient (Wildman–Crippen LogP) is 4.72. The van der Waals surface area contributed by atoms with Gasteiger partial charge in [-0.3, -0.25) is 4.79 Å². The van der Waals surface area contributed by atoms with Crippen LogP contribution >= 0.6 is 11.6 Å². The molecule has 27 heavy (non-hydrogen) atoms. The second kappa shape index (κ2) is 7.85. The molecule has 1 aliphatic rings. The number of ether oxygens (including phenoxy) is 1. The lowest BCUT2D eigenvalue weighted by atomic mass is 9.98. The SMILES string of the molecule is O=C(Cc1ccc2c(c1)CCO2)NC(c1ccccc1)c1ccc(Cl)cc1. The molecule has 0 aliphatic carbocycles. The largest absolute Gasteiger partial charge is 0.493 e. The molecule has 1 aliphatic heterocycles. The minimum Gasteiger partial charge on any atom is -0.493 e. The van der Waals surface area contributed by atoms with Gasteiger partial charge >= 0.3 is 0 Å². The summed E-state index contributed by atoms with van der Waals surface area (Å²) in [6, 6.07) is 23.3. The highest BCUT2D eigenvalue weighted by atomic mass is 35.5. The van der Waals surface area contributed by atoms with Crippen molar-refractivity contribution in [3.8, 4) is 5.75 Å². The van der Waals surface area contributed by atoms with Gasteiger partial charge in [-0.2, -0.15) is 0 Å². The van der Waals surface area contributed by atoms with Gasteiger partial charge in [-0.15, -0.1) is 0 Å². The van der Waals surface area contributed by atoms with Gasteiger partial charge in [0.05, 0.1) is 19.1 Å². The first-order chi connectivity index (χ1) is 13.2. The maximum absolute atomic E-state index is 12.8. The van der Waals surface area contributed by atoms with Crippen LogP contribution in [0.3, 0.4) is 0 Å². The monoisotopic (exact) mass is 377 g/mol. The lowest BCUT2D eigenvalue weighted by Gasteiger charge is -2.20. The molecule has 1 atom stereocenters. The predicted molar refractivity (Wildman–Crippen MR) is 107 cm³/mol. The number of carbonyl (C=O) groups is 1. The number of halogens is 1. The Labute approximate surface area is 163 Å². The van der Waals surface area contributed by atoms with Crippen molar-refractivity contribution in [1.29, 1.82) is 0 Å². The Kier molecular flexibility index (Phi) is 5.12. The van der Waals surface area contributed by atoms with Crippen LogP contribution in [-0.4, -0.2) is 12.5 Å². The Morgan fingerprint density at radius 2 is 1.74 bits per heavy atom. The zero-order chi connectivity index (χ0) is 18.6. The molecule has 1 unspecified atom stereocenters. The molecule has 0 radical (unpaired) electrons. The normalized spacial score (nSPS) is 13.5. The molecule has 0 fully saturated rings. The van der Waals surface area contributed by atoms with E-state index in [1.807, 2.05) is 66.7 Å². The van der Waals surface area contributed by atoms with Crippen molar-refractivity contribution in [2.45, 2.75) is 18.9 Å². The summed E-state index contributed by atoms with van der Waals surface area (Å²) in [7, 11) is 0. The Morgan fingerprint density at radius 1 is 1.00 bits per heavy atom. The maximum atomic E-state index is 12.8. The molecule has 1 N–H and O–H groups in total. The summed E-state index contributed by atoms with van der Waals surface area (Å²) < 4.78 is 5.54. The third kappa shape index (κ3) is 4.15. The van der Waals surface area contributed by atoms with E-state index >= 15 is 0 Å². The van der Waals surface area contributed by atoms with Crippen molar-refractivity contribution in [2.24, 2.45) is 0 Å². The minimum absolute atomic E-state index is 0.0160. The van der Waals surface area contributed by atoms with E-state index in [1.165, 1.54) is 5.56 Å². The lowest BCUT2D eigenvalue weighted by molar-refractivity contribution is -0.120. The average Bonchev–Trinajstić information content (AvgIpc) is 3.15. The second-order valence-corrected chi connectivity index (χ2v) is 7.12. The van der Waals surface area contributed by atoms with Crippen LogP contribution in [0.25, 0.3) is 0 Å². The van der Waals surface area contributed by atoms with Gasteiger partial charge < -0.3 is 10.1 Å². The number of hydrogen-bond donors (Lipinski definition) is 1. The molecule has 136 valence electrons. The second-order valence-electron chi connectivity index (χ2n) is 6.68. The van der Waals surface area contributed by atoms with Crippen LogP contribution in [-0.2, 0) is 17.6 Å². The van der Waals surface area contributed by atoms with E-state index in [2.05, 4.69) is 11.4 Å². The van der Waals surface area contributed by atoms with Crippen LogP contribution in [0.1, 0.15) is 28.3 Å². The molecule has 0 aromatic heterocycles. The number of fused-ring (bicyclic) bond motifs is 1. The number of amides is 1. The topological polar surface area (TPSA) is 38.3 Å². The van der Waals surface area contributed by atoms with Gasteiger partial charge in [-0.1, -0.05) is 66.2 Å². The van der Waals surface area contributed by atoms with Crippen LogP contribution in [0.2, 0.25) is 5.02 Å². The van der Waals surface area contributed by atoms with Crippen molar-refractivity contribution in [2.75, 3.05) is 6.61 Å². The zero-order valence-corrected chi connectivity index (χ0v) is 15.6. The summed E-state index contributed by atoms with van der Waals surface area (Å²) in [5.74, 6) is 0.917. The van der Waals surface area contributed by atoms with Gasteiger partial charge in [0, 0.05) is 11.4 Å². The molecule has 0 saturated carbocycles. The third-order valence-corrected chi connectivity index (χ3v) is 5.01. The molecule has 3 aromatic rings. The highest BCUT2D eigenvalue weighted by molar-refractivity contribution is 6.30. The highest BCUT2D eigenvalue weighted by Gasteiger charge is 2.18. The van der Waals surface area contributed by atoms with E-state index in [1.54, 1.807) is 0 Å². The molecular formula is C23H20ClNO2. The Morgan fingerprint density at radius 3 is 2.52 bits per heavy atom. The molecule has 3 nitrogen and oxygen atoms in total. The molecule has 0 bridgehead atoms. The van der Waals surface area contributed by atoms with E-state index < -0.39 is 0 Å². The summed E-state index contributed by atoms with van der Waals surface area (Å²) in [4.78, 5) is 12.8. The number of benzene rings is 3. The standard InChI is InChI=1S/C23H20ClNO2/c24-20-9-7-18(8-10-20)23(17-4-2-1-3-5-17)25-22(26)15-16-6-11-21-19(14-16)12-13-27-21/h1-11,14,23H,12-13,15H2,(H,25,26). The first-order valence-electron chi connectivity index (χ1n) is 9.03. The van der Waals surface area contributed by atoms with Gasteiger partial charge in [-0.25, -0.2) is 0 Å². The van der Waals surface area contributed by atoms with Gasteiger partial charge in [0.25, 0.3) is 0 Å². The number of carbonyl (C=O) groups excluding carboxylic acids is 1. The van der Waals surface area contributed by atoms with E-state index in [4.69, 9.17) is 16.3 Å². The summed E-state index contributed by atoms with van der Waals surface area (Å²) in [5.41, 5.74) is 4.22. The highest BCUT2D eigenvalue weighted by Crippen LogP contribution is 2.27. The van der Waals surface area contributed by atoms with Crippen LogP contribution in [0.15, 0.2) is 72.8 Å². The summed E-state index contributed by atoms with van der Waals surface area (Å²) in [6.45, 7) is 0.720. The van der Waals surface area contributed by atoms with Gasteiger partial charge in [0.2, 0.25) is 5.91 Å². The first-order valence-corrected chi connectivity index (χ1v) is 9.41. The average molecular weight is 378 g/mol. The minimum atomic E-state index is -0.214.